The number of nitrogens with one attached hydrogen (secondary N) is 1. The molecule has 1 N–H and O–H groups in total. The minimum absolute atomic E-state index is 0.159. The van der Waals surface area contributed by atoms with E-state index in [4.69, 9.17) is 0 Å². The average Bonchev–Trinajstić information content (AvgIpc) is 2.35. The number of aromatic nitrogens is 1. The van der Waals surface area contributed by atoms with E-state index < -0.39 is 11.6 Å². The third-order valence-corrected chi connectivity index (χ3v) is 3.00. The summed E-state index contributed by atoms with van der Waals surface area (Å²) in [6.07, 6.45) is 1.67. The molecule has 0 aliphatic heterocycles. The van der Waals surface area contributed by atoms with Crippen molar-refractivity contribution in [1.29, 1.82) is 0 Å². The van der Waals surface area contributed by atoms with Gasteiger partial charge in [-0.2, -0.15) is 0 Å². The maximum Gasteiger partial charge on any atom is 0.159 e. The van der Waals surface area contributed by atoms with Crippen molar-refractivity contribution in [1.82, 2.24) is 4.98 Å². The normalized spacial score (nSPS) is 12.2. The zero-order valence-electron chi connectivity index (χ0n) is 9.62. The van der Waals surface area contributed by atoms with Crippen molar-refractivity contribution in [2.45, 2.75) is 13.0 Å². The van der Waals surface area contributed by atoms with Crippen molar-refractivity contribution in [3.05, 3.63) is 58.2 Å². The first-order chi connectivity index (χ1) is 8.56. The molecule has 0 fully saturated rings. The van der Waals surface area contributed by atoms with Gasteiger partial charge >= 0.3 is 0 Å². The molecule has 0 spiro atoms. The van der Waals surface area contributed by atoms with Crippen molar-refractivity contribution in [2.75, 3.05) is 5.32 Å². The molecule has 0 aliphatic carbocycles. The van der Waals surface area contributed by atoms with Crippen LogP contribution in [0.15, 0.2) is 41.0 Å². The number of hydrogen-bond donors (Lipinski definition) is 1. The minimum atomic E-state index is -0.843. The van der Waals surface area contributed by atoms with Gasteiger partial charge in [0.05, 0.1) is 6.04 Å². The van der Waals surface area contributed by atoms with Gasteiger partial charge in [0.25, 0.3) is 0 Å². The van der Waals surface area contributed by atoms with E-state index >= 15 is 0 Å². The van der Waals surface area contributed by atoms with Crippen molar-refractivity contribution < 1.29 is 8.78 Å². The van der Waals surface area contributed by atoms with Gasteiger partial charge in [0.15, 0.2) is 11.6 Å². The number of rotatable bonds is 3. The lowest BCUT2D eigenvalue weighted by molar-refractivity contribution is 0.506. The van der Waals surface area contributed by atoms with Crippen LogP contribution in [0.4, 0.5) is 14.6 Å². The Balaban J connectivity index is 2.13. The number of benzene rings is 1. The van der Waals surface area contributed by atoms with Crippen LogP contribution in [-0.4, -0.2) is 4.98 Å². The summed E-state index contributed by atoms with van der Waals surface area (Å²) >= 11 is 3.29. The van der Waals surface area contributed by atoms with Gasteiger partial charge in [-0.25, -0.2) is 13.8 Å². The van der Waals surface area contributed by atoms with Gasteiger partial charge in [0.1, 0.15) is 5.82 Å². The first-order valence-corrected chi connectivity index (χ1v) is 6.18. The summed E-state index contributed by atoms with van der Waals surface area (Å²) in [4.78, 5) is 4.16. The number of nitrogens with zero attached hydrogens (tertiary/aromatic N) is 1. The Morgan fingerprint density at radius 1 is 1.17 bits per heavy atom. The molecule has 2 nitrogen and oxygen atoms in total. The van der Waals surface area contributed by atoms with Crippen LogP contribution in [0.1, 0.15) is 18.5 Å². The van der Waals surface area contributed by atoms with E-state index in [1.807, 2.05) is 13.0 Å². The Kier molecular flexibility index (Phi) is 3.91. The molecule has 5 heteroatoms. The Labute approximate surface area is 112 Å². The third-order valence-electron chi connectivity index (χ3n) is 2.54. The quantitative estimate of drug-likeness (QED) is 0.914. The lowest BCUT2D eigenvalue weighted by Crippen LogP contribution is -2.08. The highest BCUT2D eigenvalue weighted by molar-refractivity contribution is 9.10. The Bertz CT molecular complexity index is 543. The number of anilines is 1. The Hall–Kier alpha value is -1.49. The molecule has 18 heavy (non-hydrogen) atoms. The summed E-state index contributed by atoms with van der Waals surface area (Å²) in [5, 5.41) is 3.11. The van der Waals surface area contributed by atoms with E-state index in [-0.39, 0.29) is 6.04 Å². The highest BCUT2D eigenvalue weighted by Crippen LogP contribution is 2.20. The predicted octanol–water partition coefficient (Wildman–Crippen LogP) is 4.30. The molecule has 1 atom stereocenters. The van der Waals surface area contributed by atoms with E-state index in [9.17, 15) is 8.78 Å². The monoisotopic (exact) mass is 312 g/mol. The molecule has 0 saturated heterocycles. The number of hydrogen-bond acceptors (Lipinski definition) is 2. The zero-order chi connectivity index (χ0) is 13.1. The third kappa shape index (κ3) is 3.04. The number of pyridine rings is 1. The highest BCUT2D eigenvalue weighted by atomic mass is 79.9. The number of halogens is 3. The van der Waals surface area contributed by atoms with Gasteiger partial charge in [-0.05, 0) is 52.7 Å². The van der Waals surface area contributed by atoms with Crippen molar-refractivity contribution in [3.63, 3.8) is 0 Å². The van der Waals surface area contributed by atoms with Crippen LogP contribution in [0.2, 0.25) is 0 Å². The fourth-order valence-electron chi connectivity index (χ4n) is 1.55. The molecule has 2 aromatic rings. The molecule has 1 aromatic heterocycles. The molecule has 94 valence electrons. The summed E-state index contributed by atoms with van der Waals surface area (Å²) in [6.45, 7) is 1.86. The Morgan fingerprint density at radius 3 is 2.56 bits per heavy atom. The summed E-state index contributed by atoms with van der Waals surface area (Å²) in [5.74, 6) is -1.01. The second-order valence-corrected chi connectivity index (χ2v) is 4.82. The molecule has 0 aliphatic rings. The molecule has 1 unspecified atom stereocenters. The van der Waals surface area contributed by atoms with Gasteiger partial charge in [0, 0.05) is 10.7 Å². The van der Waals surface area contributed by atoms with Gasteiger partial charge < -0.3 is 5.32 Å². The van der Waals surface area contributed by atoms with Gasteiger partial charge in [0.2, 0.25) is 0 Å². The molecule has 0 radical (unpaired) electrons. The van der Waals surface area contributed by atoms with Crippen molar-refractivity contribution >= 4 is 21.7 Å². The molecule has 0 bridgehead atoms. The summed E-state index contributed by atoms with van der Waals surface area (Å²) in [6, 6.07) is 7.36. The lowest BCUT2D eigenvalue weighted by Gasteiger charge is -2.15. The first kappa shape index (κ1) is 13.0. The zero-order valence-corrected chi connectivity index (χ0v) is 11.2. The van der Waals surface area contributed by atoms with Crippen molar-refractivity contribution in [3.8, 4) is 0 Å². The van der Waals surface area contributed by atoms with E-state index in [2.05, 4.69) is 26.2 Å². The van der Waals surface area contributed by atoms with Gasteiger partial charge in [-0.1, -0.05) is 6.07 Å². The highest BCUT2D eigenvalue weighted by Gasteiger charge is 2.09. The second kappa shape index (κ2) is 5.44. The van der Waals surface area contributed by atoms with E-state index in [1.165, 1.54) is 6.07 Å². The smallest absolute Gasteiger partial charge is 0.159 e. The van der Waals surface area contributed by atoms with Crippen LogP contribution in [-0.2, 0) is 0 Å². The lowest BCUT2D eigenvalue weighted by atomic mass is 10.1. The fraction of sp³-hybridized carbons (Fsp3) is 0.154. The Morgan fingerprint density at radius 2 is 1.94 bits per heavy atom. The minimum Gasteiger partial charge on any atom is -0.364 e. The fourth-order valence-corrected chi connectivity index (χ4v) is 1.78. The van der Waals surface area contributed by atoms with Crippen molar-refractivity contribution in [2.24, 2.45) is 0 Å². The topological polar surface area (TPSA) is 24.9 Å². The van der Waals surface area contributed by atoms with E-state index in [0.29, 0.717) is 11.4 Å². The van der Waals surface area contributed by atoms with Gasteiger partial charge in [-0.15, -0.1) is 0 Å². The summed E-state index contributed by atoms with van der Waals surface area (Å²) < 4.78 is 26.8. The van der Waals surface area contributed by atoms with Crippen LogP contribution in [0.25, 0.3) is 0 Å². The largest absolute Gasteiger partial charge is 0.364 e. The van der Waals surface area contributed by atoms with Crippen LogP contribution >= 0.6 is 15.9 Å². The maximum atomic E-state index is 13.1. The molecular weight excluding hydrogens is 302 g/mol. The van der Waals surface area contributed by atoms with Crippen LogP contribution < -0.4 is 5.32 Å². The molecule has 0 amide bonds. The first-order valence-electron chi connectivity index (χ1n) is 5.39. The average molecular weight is 313 g/mol. The van der Waals surface area contributed by atoms with Crippen LogP contribution in [0.5, 0.6) is 0 Å². The molecule has 0 saturated carbocycles. The molecule has 1 heterocycles. The van der Waals surface area contributed by atoms with E-state index in [0.717, 1.165) is 10.5 Å². The SMILES string of the molecule is CC(Nc1ccc(Br)cn1)c1ccc(F)c(F)c1. The summed E-state index contributed by atoms with van der Waals surface area (Å²) in [7, 11) is 0. The van der Waals surface area contributed by atoms with E-state index in [1.54, 1.807) is 18.3 Å². The molecule has 1 aromatic carbocycles. The van der Waals surface area contributed by atoms with Crippen LogP contribution in [0, 0.1) is 11.6 Å². The maximum absolute atomic E-state index is 13.1. The molecular formula is C13H11BrF2N2. The van der Waals surface area contributed by atoms with Gasteiger partial charge in [-0.3, -0.25) is 0 Å². The summed E-state index contributed by atoms with van der Waals surface area (Å²) in [5.41, 5.74) is 0.665. The predicted molar refractivity (Wildman–Crippen MR) is 70.3 cm³/mol. The second-order valence-electron chi connectivity index (χ2n) is 3.90. The van der Waals surface area contributed by atoms with Crippen LogP contribution in [0.3, 0.4) is 0 Å². The standard InChI is InChI=1S/C13H11BrF2N2/c1-8(9-2-4-11(15)12(16)6-9)18-13-5-3-10(14)7-17-13/h2-8H,1H3,(H,17,18). The molecule has 2 rings (SSSR count).